The number of carbonyl (C=O) groups is 3. The molecule has 5 heterocycles. The SMILES string of the molecule is C#CC[C@H]1NC(=O)CC2(CCNCC2)NC(=O)[C@@H]2CCCN2C2CCN(CC2)C1=O. The Balaban J connectivity index is 1.62. The number of hydrogen-bond acceptors (Lipinski definition) is 5. The molecule has 0 unspecified atom stereocenters. The van der Waals surface area contributed by atoms with Gasteiger partial charge in [0.15, 0.2) is 0 Å². The van der Waals surface area contributed by atoms with Crippen LogP contribution in [0.5, 0.6) is 0 Å². The van der Waals surface area contributed by atoms with Crippen molar-refractivity contribution in [2.75, 3.05) is 32.7 Å². The topological polar surface area (TPSA) is 93.8 Å². The molecule has 0 aliphatic carbocycles. The van der Waals surface area contributed by atoms with E-state index in [4.69, 9.17) is 6.42 Å². The monoisotopic (exact) mass is 415 g/mol. The summed E-state index contributed by atoms with van der Waals surface area (Å²) >= 11 is 0. The Hall–Kier alpha value is -2.11. The largest absolute Gasteiger partial charge is 0.349 e. The molecule has 8 heteroatoms. The number of hydrogen-bond donors (Lipinski definition) is 3. The van der Waals surface area contributed by atoms with Crippen molar-refractivity contribution >= 4 is 17.7 Å². The second-order valence-corrected chi connectivity index (χ2v) is 9.18. The summed E-state index contributed by atoms with van der Waals surface area (Å²) < 4.78 is 0. The van der Waals surface area contributed by atoms with Gasteiger partial charge in [-0.1, -0.05) is 0 Å². The van der Waals surface area contributed by atoms with Gasteiger partial charge < -0.3 is 20.9 Å². The third-order valence-electron chi connectivity index (χ3n) is 7.25. The van der Waals surface area contributed by atoms with E-state index in [2.05, 4.69) is 26.8 Å². The molecule has 30 heavy (non-hydrogen) atoms. The van der Waals surface area contributed by atoms with Gasteiger partial charge in [0.1, 0.15) is 6.04 Å². The lowest BCUT2D eigenvalue weighted by molar-refractivity contribution is -0.140. The van der Waals surface area contributed by atoms with Crippen LogP contribution in [0.25, 0.3) is 0 Å². The molecule has 3 N–H and O–H groups in total. The number of nitrogens with one attached hydrogen (secondary N) is 3. The predicted octanol–water partition coefficient (Wildman–Crippen LogP) is -0.408. The fraction of sp³-hybridized carbons (Fsp3) is 0.773. The van der Waals surface area contributed by atoms with Crippen LogP contribution in [-0.4, -0.2) is 83.9 Å². The van der Waals surface area contributed by atoms with Crippen LogP contribution in [-0.2, 0) is 14.4 Å². The molecule has 5 saturated heterocycles. The van der Waals surface area contributed by atoms with E-state index in [-0.39, 0.29) is 36.6 Å². The van der Waals surface area contributed by atoms with Crippen LogP contribution >= 0.6 is 0 Å². The lowest BCUT2D eigenvalue weighted by Crippen LogP contribution is -2.62. The highest BCUT2D eigenvalue weighted by atomic mass is 16.2. The highest BCUT2D eigenvalue weighted by Gasteiger charge is 2.43. The third-order valence-corrected chi connectivity index (χ3v) is 7.25. The van der Waals surface area contributed by atoms with E-state index in [1.54, 1.807) is 0 Å². The van der Waals surface area contributed by atoms with Gasteiger partial charge in [-0.15, -0.1) is 12.3 Å². The van der Waals surface area contributed by atoms with Gasteiger partial charge in [0, 0.05) is 32.0 Å². The summed E-state index contributed by atoms with van der Waals surface area (Å²) in [6.45, 7) is 3.71. The average Bonchev–Trinajstić information content (AvgIpc) is 3.23. The number of piperidine rings is 2. The van der Waals surface area contributed by atoms with Gasteiger partial charge in [-0.05, 0) is 58.2 Å². The van der Waals surface area contributed by atoms with E-state index < -0.39 is 11.6 Å². The molecule has 2 atom stereocenters. The third kappa shape index (κ3) is 4.33. The van der Waals surface area contributed by atoms with Crippen LogP contribution < -0.4 is 16.0 Å². The number of amides is 3. The van der Waals surface area contributed by atoms with Crippen LogP contribution in [0, 0.1) is 12.3 Å². The van der Waals surface area contributed by atoms with Crippen molar-refractivity contribution < 1.29 is 14.4 Å². The zero-order valence-electron chi connectivity index (χ0n) is 17.6. The second-order valence-electron chi connectivity index (χ2n) is 9.18. The molecule has 5 aliphatic heterocycles. The number of rotatable bonds is 1. The molecule has 0 aromatic heterocycles. The Kier molecular flexibility index (Phi) is 6.30. The van der Waals surface area contributed by atoms with E-state index in [0.29, 0.717) is 32.0 Å². The maximum Gasteiger partial charge on any atom is 0.246 e. The summed E-state index contributed by atoms with van der Waals surface area (Å²) in [7, 11) is 0. The maximum absolute atomic E-state index is 13.3. The van der Waals surface area contributed by atoms with Gasteiger partial charge >= 0.3 is 0 Å². The smallest absolute Gasteiger partial charge is 0.246 e. The zero-order valence-corrected chi connectivity index (χ0v) is 17.6. The molecule has 5 fully saturated rings. The van der Waals surface area contributed by atoms with Crippen molar-refractivity contribution in [1.29, 1.82) is 0 Å². The number of carbonyl (C=O) groups excluding carboxylic acids is 3. The Morgan fingerprint density at radius 2 is 1.80 bits per heavy atom. The molecule has 5 aliphatic rings. The first-order valence-corrected chi connectivity index (χ1v) is 11.3. The van der Waals surface area contributed by atoms with Crippen molar-refractivity contribution in [2.24, 2.45) is 0 Å². The lowest BCUT2D eigenvalue weighted by atomic mass is 9.84. The highest BCUT2D eigenvalue weighted by molar-refractivity contribution is 5.89. The van der Waals surface area contributed by atoms with E-state index in [9.17, 15) is 14.4 Å². The predicted molar refractivity (Wildman–Crippen MR) is 112 cm³/mol. The molecule has 8 nitrogen and oxygen atoms in total. The van der Waals surface area contributed by atoms with Crippen molar-refractivity contribution in [2.45, 2.75) is 75.0 Å². The van der Waals surface area contributed by atoms with Gasteiger partial charge in [-0.2, -0.15) is 0 Å². The summed E-state index contributed by atoms with van der Waals surface area (Å²) in [5, 5.41) is 9.48. The highest BCUT2D eigenvalue weighted by Crippen LogP contribution is 2.29. The molecule has 164 valence electrons. The van der Waals surface area contributed by atoms with Crippen molar-refractivity contribution in [1.82, 2.24) is 25.8 Å². The molecule has 5 rings (SSSR count). The average molecular weight is 416 g/mol. The molecular weight excluding hydrogens is 382 g/mol. The lowest BCUT2D eigenvalue weighted by Gasteiger charge is -2.43. The minimum absolute atomic E-state index is 0.0536. The minimum Gasteiger partial charge on any atom is -0.349 e. The first-order chi connectivity index (χ1) is 14.5. The standard InChI is InChI=1S/C22H33N5O3/c1-2-4-17-21(30)26-13-6-16(7-14-26)27-12-3-5-18(27)20(29)25-22(15-19(28)24-17)8-10-23-11-9-22/h1,16-18,23H,3-15H2,(H,24,28)(H,25,29)/t17-,18+/m1/s1. The van der Waals surface area contributed by atoms with Crippen LogP contribution in [0.1, 0.15) is 51.4 Å². The summed E-state index contributed by atoms with van der Waals surface area (Å²) in [5.41, 5.74) is -0.576. The van der Waals surface area contributed by atoms with Crippen molar-refractivity contribution in [3.05, 3.63) is 0 Å². The fourth-order valence-corrected chi connectivity index (χ4v) is 5.61. The molecule has 1 spiro atoms. The quantitative estimate of drug-likeness (QED) is 0.507. The Morgan fingerprint density at radius 3 is 2.50 bits per heavy atom. The minimum atomic E-state index is -0.698. The first kappa shape index (κ1) is 21.1. The van der Waals surface area contributed by atoms with Crippen LogP contribution in [0.2, 0.25) is 0 Å². The molecule has 0 saturated carbocycles. The van der Waals surface area contributed by atoms with E-state index in [0.717, 1.165) is 45.3 Å². The van der Waals surface area contributed by atoms with E-state index in [1.165, 1.54) is 0 Å². The normalized spacial score (nSPS) is 31.0. The molecule has 0 radical (unpaired) electrons. The van der Waals surface area contributed by atoms with Gasteiger partial charge in [0.2, 0.25) is 17.7 Å². The van der Waals surface area contributed by atoms with E-state index in [1.807, 2.05) is 4.90 Å². The van der Waals surface area contributed by atoms with Crippen LogP contribution in [0.4, 0.5) is 0 Å². The molecule has 2 bridgehead atoms. The molecular formula is C22H33N5O3. The first-order valence-electron chi connectivity index (χ1n) is 11.3. The maximum atomic E-state index is 13.3. The van der Waals surface area contributed by atoms with Crippen molar-refractivity contribution in [3.8, 4) is 12.3 Å². The molecule has 3 amide bonds. The van der Waals surface area contributed by atoms with Gasteiger partial charge in [0.25, 0.3) is 0 Å². The van der Waals surface area contributed by atoms with E-state index >= 15 is 0 Å². The van der Waals surface area contributed by atoms with Crippen LogP contribution in [0.15, 0.2) is 0 Å². The fourth-order valence-electron chi connectivity index (χ4n) is 5.61. The Labute approximate surface area is 178 Å². The Bertz CT molecular complexity index is 719. The molecule has 0 aromatic carbocycles. The van der Waals surface area contributed by atoms with Crippen molar-refractivity contribution in [3.63, 3.8) is 0 Å². The zero-order chi connectivity index (χ0) is 21.1. The Morgan fingerprint density at radius 1 is 1.07 bits per heavy atom. The van der Waals surface area contributed by atoms with Crippen LogP contribution in [0.3, 0.4) is 0 Å². The van der Waals surface area contributed by atoms with Gasteiger partial charge in [-0.3, -0.25) is 19.3 Å². The summed E-state index contributed by atoms with van der Waals surface area (Å²) in [4.78, 5) is 43.6. The summed E-state index contributed by atoms with van der Waals surface area (Å²) in [6, 6.07) is -0.514. The number of nitrogens with zero attached hydrogens (tertiary/aromatic N) is 2. The summed E-state index contributed by atoms with van der Waals surface area (Å²) in [6.07, 6.45) is 10.8. The number of terminal acetylenes is 1. The second kappa shape index (κ2) is 8.94. The van der Waals surface area contributed by atoms with Gasteiger partial charge in [-0.25, -0.2) is 0 Å². The number of fused-ring (bicyclic) bond motifs is 7. The summed E-state index contributed by atoms with van der Waals surface area (Å²) in [5.74, 6) is 2.29. The van der Waals surface area contributed by atoms with Gasteiger partial charge in [0.05, 0.1) is 11.6 Å². The molecule has 0 aromatic rings.